The molecule has 0 aliphatic heterocycles. The maximum absolute atomic E-state index is 3.23. The fourth-order valence-electron chi connectivity index (χ4n) is 1.50. The van der Waals surface area contributed by atoms with E-state index in [1.54, 1.807) is 0 Å². The molecule has 2 nitrogen and oxygen atoms in total. The van der Waals surface area contributed by atoms with Gasteiger partial charge in [0.25, 0.3) is 0 Å². The molecule has 0 amide bonds. The molecule has 0 aliphatic rings. The Morgan fingerprint density at radius 2 is 1.47 bits per heavy atom. The van der Waals surface area contributed by atoms with Gasteiger partial charge in [-0.1, -0.05) is 20.8 Å². The number of likely N-dealkylation sites (N-methyl/N-ethyl adjacent to an activating group) is 1. The van der Waals surface area contributed by atoms with Crippen LogP contribution < -0.4 is 5.32 Å². The van der Waals surface area contributed by atoms with Crippen molar-refractivity contribution in [2.24, 2.45) is 5.41 Å². The van der Waals surface area contributed by atoms with Crippen LogP contribution in [0.15, 0.2) is 0 Å². The lowest BCUT2D eigenvalue weighted by atomic mass is 9.91. The van der Waals surface area contributed by atoms with Crippen LogP contribution in [0.2, 0.25) is 0 Å². The van der Waals surface area contributed by atoms with E-state index in [2.05, 4.69) is 51.8 Å². The van der Waals surface area contributed by atoms with Gasteiger partial charge in [0.05, 0.1) is 0 Å². The van der Waals surface area contributed by atoms with E-state index in [0.29, 0.717) is 5.41 Å². The zero-order valence-corrected chi connectivity index (χ0v) is 11.8. The van der Waals surface area contributed by atoms with E-state index in [9.17, 15) is 0 Å². The summed E-state index contributed by atoms with van der Waals surface area (Å²) in [5.74, 6) is 0. The molecule has 0 heterocycles. The standard InChI is InChI=1S/C13H30N2/c1-12(2,3)8-10-15(11-9-14-7)13(4,5)6/h14H,8-11H2,1-7H3. The second-order valence-electron chi connectivity index (χ2n) is 6.57. The van der Waals surface area contributed by atoms with Gasteiger partial charge >= 0.3 is 0 Å². The van der Waals surface area contributed by atoms with E-state index in [-0.39, 0.29) is 5.54 Å². The fourth-order valence-corrected chi connectivity index (χ4v) is 1.50. The highest BCUT2D eigenvalue weighted by molar-refractivity contribution is 4.78. The van der Waals surface area contributed by atoms with Gasteiger partial charge in [0, 0.05) is 18.6 Å². The van der Waals surface area contributed by atoms with Crippen LogP contribution in [-0.4, -0.2) is 37.1 Å². The molecule has 0 spiro atoms. The van der Waals surface area contributed by atoms with Crippen LogP contribution in [0.4, 0.5) is 0 Å². The van der Waals surface area contributed by atoms with Crippen molar-refractivity contribution in [3.63, 3.8) is 0 Å². The fraction of sp³-hybridized carbons (Fsp3) is 1.00. The summed E-state index contributed by atoms with van der Waals surface area (Å²) in [5, 5.41) is 3.23. The predicted molar refractivity (Wildman–Crippen MR) is 69.3 cm³/mol. The molecule has 0 aromatic carbocycles. The Morgan fingerprint density at radius 3 is 1.80 bits per heavy atom. The smallest absolute Gasteiger partial charge is 0.0125 e. The van der Waals surface area contributed by atoms with E-state index >= 15 is 0 Å². The van der Waals surface area contributed by atoms with Crippen LogP contribution in [0.5, 0.6) is 0 Å². The molecule has 0 aliphatic carbocycles. The summed E-state index contributed by atoms with van der Waals surface area (Å²) in [6, 6.07) is 0. The first-order chi connectivity index (χ1) is 6.67. The number of nitrogens with one attached hydrogen (secondary N) is 1. The zero-order valence-electron chi connectivity index (χ0n) is 11.8. The monoisotopic (exact) mass is 214 g/mol. The largest absolute Gasteiger partial charge is 0.318 e. The Hall–Kier alpha value is -0.0800. The highest BCUT2D eigenvalue weighted by Crippen LogP contribution is 2.21. The maximum atomic E-state index is 3.23. The van der Waals surface area contributed by atoms with Crippen LogP contribution in [-0.2, 0) is 0 Å². The van der Waals surface area contributed by atoms with Gasteiger partial charge in [-0.05, 0) is 46.2 Å². The molecule has 0 bridgehead atoms. The summed E-state index contributed by atoms with van der Waals surface area (Å²) in [7, 11) is 2.02. The first-order valence-electron chi connectivity index (χ1n) is 6.06. The lowest BCUT2D eigenvalue weighted by molar-refractivity contribution is 0.120. The third-order valence-corrected chi connectivity index (χ3v) is 2.71. The van der Waals surface area contributed by atoms with Gasteiger partial charge in [0.1, 0.15) is 0 Å². The SMILES string of the molecule is CNCCN(CCC(C)(C)C)C(C)(C)C. The minimum atomic E-state index is 0.280. The molecule has 92 valence electrons. The third-order valence-electron chi connectivity index (χ3n) is 2.71. The third kappa shape index (κ3) is 7.80. The molecule has 0 aromatic heterocycles. The predicted octanol–water partition coefficient (Wildman–Crippen LogP) is 2.74. The van der Waals surface area contributed by atoms with Gasteiger partial charge in [-0.3, -0.25) is 4.90 Å². The highest BCUT2D eigenvalue weighted by atomic mass is 15.2. The van der Waals surface area contributed by atoms with Gasteiger partial charge in [-0.15, -0.1) is 0 Å². The minimum absolute atomic E-state index is 0.280. The Morgan fingerprint density at radius 1 is 0.933 bits per heavy atom. The lowest BCUT2D eigenvalue weighted by Gasteiger charge is -2.37. The summed E-state index contributed by atoms with van der Waals surface area (Å²) in [6.45, 7) is 17.2. The Labute approximate surface area is 96.4 Å². The molecule has 1 N–H and O–H groups in total. The van der Waals surface area contributed by atoms with Crippen molar-refractivity contribution in [2.45, 2.75) is 53.5 Å². The molecular formula is C13H30N2. The van der Waals surface area contributed by atoms with Gasteiger partial charge in [-0.25, -0.2) is 0 Å². The lowest BCUT2D eigenvalue weighted by Crippen LogP contribution is -2.45. The van der Waals surface area contributed by atoms with Crippen molar-refractivity contribution in [1.29, 1.82) is 0 Å². The molecule has 0 saturated heterocycles. The zero-order chi connectivity index (χ0) is 12.1. The molecule has 0 aromatic rings. The van der Waals surface area contributed by atoms with E-state index in [1.165, 1.54) is 13.0 Å². The topological polar surface area (TPSA) is 15.3 Å². The first kappa shape index (κ1) is 14.9. The van der Waals surface area contributed by atoms with Crippen molar-refractivity contribution in [3.8, 4) is 0 Å². The first-order valence-corrected chi connectivity index (χ1v) is 6.06. The van der Waals surface area contributed by atoms with Gasteiger partial charge in [0.15, 0.2) is 0 Å². The molecule has 15 heavy (non-hydrogen) atoms. The molecule has 0 atom stereocenters. The summed E-state index contributed by atoms with van der Waals surface area (Å²) in [4.78, 5) is 2.56. The molecule has 0 fully saturated rings. The Bertz CT molecular complexity index is 162. The second kappa shape index (κ2) is 5.86. The van der Waals surface area contributed by atoms with Crippen molar-refractivity contribution < 1.29 is 0 Å². The maximum Gasteiger partial charge on any atom is 0.0125 e. The minimum Gasteiger partial charge on any atom is -0.318 e. The van der Waals surface area contributed by atoms with Crippen molar-refractivity contribution in [2.75, 3.05) is 26.7 Å². The molecule has 0 unspecified atom stereocenters. The Balaban J connectivity index is 4.14. The number of rotatable bonds is 5. The van der Waals surface area contributed by atoms with Crippen LogP contribution in [0.1, 0.15) is 48.0 Å². The summed E-state index contributed by atoms with van der Waals surface area (Å²) in [5.41, 5.74) is 0.714. The van der Waals surface area contributed by atoms with E-state index < -0.39 is 0 Å². The van der Waals surface area contributed by atoms with Gasteiger partial charge < -0.3 is 5.32 Å². The van der Waals surface area contributed by atoms with Crippen molar-refractivity contribution >= 4 is 0 Å². The molecular weight excluding hydrogens is 184 g/mol. The van der Waals surface area contributed by atoms with Crippen molar-refractivity contribution in [1.82, 2.24) is 10.2 Å². The quantitative estimate of drug-likeness (QED) is 0.757. The molecule has 0 rings (SSSR count). The summed E-state index contributed by atoms with van der Waals surface area (Å²) in [6.07, 6.45) is 1.26. The Kier molecular flexibility index (Phi) is 5.82. The van der Waals surface area contributed by atoms with Gasteiger partial charge in [0.2, 0.25) is 0 Å². The van der Waals surface area contributed by atoms with E-state index in [4.69, 9.17) is 0 Å². The second-order valence-corrected chi connectivity index (χ2v) is 6.57. The molecule has 0 radical (unpaired) electrons. The number of hydrogen-bond donors (Lipinski definition) is 1. The van der Waals surface area contributed by atoms with Crippen LogP contribution in [0, 0.1) is 5.41 Å². The van der Waals surface area contributed by atoms with Crippen LogP contribution in [0.3, 0.4) is 0 Å². The molecule has 0 saturated carbocycles. The number of hydrogen-bond acceptors (Lipinski definition) is 2. The van der Waals surface area contributed by atoms with Crippen molar-refractivity contribution in [3.05, 3.63) is 0 Å². The van der Waals surface area contributed by atoms with Crippen LogP contribution >= 0.6 is 0 Å². The average molecular weight is 214 g/mol. The molecule has 2 heteroatoms. The number of nitrogens with zero attached hydrogens (tertiary/aromatic N) is 1. The summed E-state index contributed by atoms with van der Waals surface area (Å²) < 4.78 is 0. The summed E-state index contributed by atoms with van der Waals surface area (Å²) >= 11 is 0. The van der Waals surface area contributed by atoms with Gasteiger partial charge in [-0.2, -0.15) is 0 Å². The van der Waals surface area contributed by atoms with Crippen LogP contribution in [0.25, 0.3) is 0 Å². The normalized spacial score (nSPS) is 13.6. The van der Waals surface area contributed by atoms with E-state index in [0.717, 1.165) is 13.1 Å². The van der Waals surface area contributed by atoms with E-state index in [1.807, 2.05) is 7.05 Å². The average Bonchev–Trinajstić information content (AvgIpc) is 1.99. The highest BCUT2D eigenvalue weighted by Gasteiger charge is 2.22.